The van der Waals surface area contributed by atoms with E-state index in [-0.39, 0.29) is 5.97 Å². The lowest BCUT2D eigenvalue weighted by atomic mass is 9.81. The van der Waals surface area contributed by atoms with Crippen LogP contribution < -0.4 is 4.74 Å². The summed E-state index contributed by atoms with van der Waals surface area (Å²) in [5.41, 5.74) is 5.37. The van der Waals surface area contributed by atoms with E-state index in [1.807, 2.05) is 30.3 Å². The molecule has 1 unspecified atom stereocenters. The molecule has 0 spiro atoms. The van der Waals surface area contributed by atoms with E-state index in [4.69, 9.17) is 9.47 Å². The molecular formula is C25H29NO3. The molecule has 2 aromatic rings. The molecule has 0 bridgehead atoms. The summed E-state index contributed by atoms with van der Waals surface area (Å²) in [5, 5.41) is 0. The zero-order chi connectivity index (χ0) is 20.8. The van der Waals surface area contributed by atoms with Gasteiger partial charge in [-0.2, -0.15) is 0 Å². The van der Waals surface area contributed by atoms with E-state index in [0.717, 1.165) is 30.7 Å². The van der Waals surface area contributed by atoms with E-state index < -0.39 is 0 Å². The highest BCUT2D eigenvalue weighted by atomic mass is 16.5. The molecule has 1 aliphatic carbocycles. The number of allylic oxidation sites excluding steroid dienone is 2. The fourth-order valence-corrected chi connectivity index (χ4v) is 3.84. The second-order valence-corrected chi connectivity index (χ2v) is 7.67. The third-order valence-corrected chi connectivity index (χ3v) is 5.21. The summed E-state index contributed by atoms with van der Waals surface area (Å²) >= 11 is 0. The van der Waals surface area contributed by atoms with Gasteiger partial charge in [0, 0.05) is 6.54 Å². The van der Waals surface area contributed by atoms with Gasteiger partial charge in [0.2, 0.25) is 0 Å². The highest BCUT2D eigenvalue weighted by Crippen LogP contribution is 2.37. The van der Waals surface area contributed by atoms with Gasteiger partial charge in [-0.3, -0.25) is 0 Å². The van der Waals surface area contributed by atoms with Gasteiger partial charge in [0.1, 0.15) is 5.75 Å². The summed E-state index contributed by atoms with van der Waals surface area (Å²) in [6.07, 6.45) is 6.56. The molecule has 0 saturated heterocycles. The van der Waals surface area contributed by atoms with Gasteiger partial charge in [0.15, 0.2) is 0 Å². The molecule has 1 aliphatic rings. The fourth-order valence-electron chi connectivity index (χ4n) is 3.84. The zero-order valence-corrected chi connectivity index (χ0v) is 17.6. The molecule has 0 saturated carbocycles. The minimum Gasteiger partial charge on any atom is -0.497 e. The van der Waals surface area contributed by atoms with Gasteiger partial charge < -0.3 is 14.4 Å². The average Bonchev–Trinajstić information content (AvgIpc) is 2.74. The lowest BCUT2D eigenvalue weighted by Crippen LogP contribution is -2.24. The minimum atomic E-state index is -0.312. The van der Waals surface area contributed by atoms with Crippen molar-refractivity contribution in [2.24, 2.45) is 5.92 Å². The Hall–Kier alpha value is -2.85. The first-order valence-electron chi connectivity index (χ1n) is 9.90. The van der Waals surface area contributed by atoms with Crippen molar-refractivity contribution in [3.63, 3.8) is 0 Å². The summed E-state index contributed by atoms with van der Waals surface area (Å²) < 4.78 is 10.3. The van der Waals surface area contributed by atoms with Gasteiger partial charge in [-0.25, -0.2) is 4.79 Å². The van der Waals surface area contributed by atoms with E-state index in [2.05, 4.69) is 43.3 Å². The summed E-state index contributed by atoms with van der Waals surface area (Å²) in [6, 6.07) is 15.8. The standard InChI is InChI=1S/C25H29NO3/c1-26(2)17-22-12-11-19(13-18-7-5-9-21(14-18)25(27)29-4)15-24(22)20-8-6-10-23(16-20)28-3/h5-10,13-16,22H,11-12,17H2,1-4H3/b19-13-. The second-order valence-electron chi connectivity index (χ2n) is 7.67. The topological polar surface area (TPSA) is 38.8 Å². The molecule has 29 heavy (non-hydrogen) atoms. The molecule has 0 N–H and O–H groups in total. The van der Waals surface area contributed by atoms with Crippen LogP contribution in [0.1, 0.15) is 34.3 Å². The number of methoxy groups -OCH3 is 2. The van der Waals surface area contributed by atoms with Crippen molar-refractivity contribution in [3.05, 3.63) is 76.9 Å². The lowest BCUT2D eigenvalue weighted by molar-refractivity contribution is 0.0600. The largest absolute Gasteiger partial charge is 0.497 e. The predicted octanol–water partition coefficient (Wildman–Crippen LogP) is 4.92. The Balaban J connectivity index is 1.98. The fraction of sp³-hybridized carbons (Fsp3) is 0.320. The molecule has 0 fully saturated rings. The SMILES string of the molecule is COC(=O)c1cccc(/C=C2\C=C(c3cccc(OC)c3)C(CN(C)C)CC2)c1. The molecule has 0 aromatic heterocycles. The molecule has 0 amide bonds. The van der Waals surface area contributed by atoms with Gasteiger partial charge in [-0.15, -0.1) is 0 Å². The molecule has 152 valence electrons. The van der Waals surface area contributed by atoms with Crippen LogP contribution in [0.4, 0.5) is 0 Å². The van der Waals surface area contributed by atoms with Gasteiger partial charge in [-0.1, -0.05) is 36.4 Å². The van der Waals surface area contributed by atoms with Crippen LogP contribution >= 0.6 is 0 Å². The zero-order valence-electron chi connectivity index (χ0n) is 17.6. The highest BCUT2D eigenvalue weighted by molar-refractivity contribution is 5.90. The van der Waals surface area contributed by atoms with E-state index >= 15 is 0 Å². The third-order valence-electron chi connectivity index (χ3n) is 5.21. The first-order valence-corrected chi connectivity index (χ1v) is 9.90. The number of esters is 1. The maximum Gasteiger partial charge on any atom is 0.337 e. The van der Waals surface area contributed by atoms with Gasteiger partial charge in [0.25, 0.3) is 0 Å². The Labute approximate surface area is 173 Å². The van der Waals surface area contributed by atoms with Crippen LogP contribution in [0.2, 0.25) is 0 Å². The van der Waals surface area contributed by atoms with Gasteiger partial charge >= 0.3 is 5.97 Å². The summed E-state index contributed by atoms with van der Waals surface area (Å²) in [7, 11) is 7.34. The number of benzene rings is 2. The van der Waals surface area contributed by atoms with Crippen molar-refractivity contribution in [1.29, 1.82) is 0 Å². The highest BCUT2D eigenvalue weighted by Gasteiger charge is 2.22. The van der Waals surface area contributed by atoms with Crippen LogP contribution in [0, 0.1) is 5.92 Å². The smallest absolute Gasteiger partial charge is 0.337 e. The van der Waals surface area contributed by atoms with Crippen LogP contribution in [0.5, 0.6) is 5.75 Å². The normalized spacial score (nSPS) is 17.9. The number of carbonyl (C=O) groups excluding carboxylic acids is 1. The predicted molar refractivity (Wildman–Crippen MR) is 118 cm³/mol. The van der Waals surface area contributed by atoms with Crippen molar-refractivity contribution in [2.75, 3.05) is 34.9 Å². The van der Waals surface area contributed by atoms with E-state index in [9.17, 15) is 4.79 Å². The molecular weight excluding hydrogens is 362 g/mol. The van der Waals surface area contributed by atoms with Crippen molar-refractivity contribution in [2.45, 2.75) is 12.8 Å². The summed E-state index contributed by atoms with van der Waals surface area (Å²) in [5.74, 6) is 1.03. The molecule has 1 atom stereocenters. The Morgan fingerprint density at radius 2 is 1.93 bits per heavy atom. The van der Waals surface area contributed by atoms with Crippen molar-refractivity contribution in [3.8, 4) is 5.75 Å². The minimum absolute atomic E-state index is 0.312. The number of hydrogen-bond donors (Lipinski definition) is 0. The van der Waals surface area contributed by atoms with Gasteiger partial charge in [0.05, 0.1) is 19.8 Å². The lowest BCUT2D eigenvalue weighted by Gasteiger charge is -2.28. The maximum absolute atomic E-state index is 11.8. The number of nitrogens with zero attached hydrogens (tertiary/aromatic N) is 1. The number of carbonyl (C=O) groups is 1. The summed E-state index contributed by atoms with van der Waals surface area (Å²) in [4.78, 5) is 14.1. The molecule has 2 aromatic carbocycles. The van der Waals surface area contributed by atoms with E-state index in [1.165, 1.54) is 23.8 Å². The number of ether oxygens (including phenoxy) is 2. The Morgan fingerprint density at radius 3 is 2.66 bits per heavy atom. The summed E-state index contributed by atoms with van der Waals surface area (Å²) in [6.45, 7) is 1.01. The number of hydrogen-bond acceptors (Lipinski definition) is 4. The Bertz CT molecular complexity index is 927. The second kappa shape index (κ2) is 9.57. The van der Waals surface area contributed by atoms with Crippen molar-refractivity contribution < 1.29 is 14.3 Å². The Morgan fingerprint density at radius 1 is 1.14 bits per heavy atom. The number of rotatable bonds is 6. The van der Waals surface area contributed by atoms with Crippen LogP contribution in [-0.4, -0.2) is 45.7 Å². The van der Waals surface area contributed by atoms with E-state index in [0.29, 0.717) is 11.5 Å². The average molecular weight is 392 g/mol. The van der Waals surface area contributed by atoms with Crippen LogP contribution in [-0.2, 0) is 4.74 Å². The molecule has 0 radical (unpaired) electrons. The van der Waals surface area contributed by atoms with E-state index in [1.54, 1.807) is 13.2 Å². The molecule has 3 rings (SSSR count). The first kappa shape index (κ1) is 20.9. The molecule has 0 heterocycles. The van der Waals surface area contributed by atoms with Crippen LogP contribution in [0.3, 0.4) is 0 Å². The first-order chi connectivity index (χ1) is 14.0. The maximum atomic E-state index is 11.8. The molecule has 0 aliphatic heterocycles. The Kier molecular flexibility index (Phi) is 6.89. The monoisotopic (exact) mass is 391 g/mol. The van der Waals surface area contributed by atoms with Crippen molar-refractivity contribution >= 4 is 17.6 Å². The van der Waals surface area contributed by atoms with Crippen molar-refractivity contribution in [1.82, 2.24) is 4.90 Å². The van der Waals surface area contributed by atoms with Crippen LogP contribution in [0.15, 0.2) is 60.2 Å². The molecule has 4 nitrogen and oxygen atoms in total. The quantitative estimate of drug-likeness (QED) is 0.655. The van der Waals surface area contributed by atoms with Gasteiger partial charge in [-0.05, 0) is 79.4 Å². The third kappa shape index (κ3) is 5.36. The molecule has 4 heteroatoms. The van der Waals surface area contributed by atoms with Crippen LogP contribution in [0.25, 0.3) is 11.6 Å².